The van der Waals surface area contributed by atoms with E-state index in [1.807, 2.05) is 85.8 Å². The SMILES string of the molecule is CCOC(=O)C1=C(c2ccccc2)N=c2s/c(=C3\C(=O)Nc4ccc(C)cc43)c(=O)n2[C@H]1c1ccccc1. The fourth-order valence-corrected chi connectivity index (χ4v) is 6.04. The Morgan fingerprint density at radius 1 is 1.03 bits per heavy atom. The van der Waals surface area contributed by atoms with Crippen LogP contribution in [0, 0.1) is 6.92 Å². The van der Waals surface area contributed by atoms with Gasteiger partial charge in [-0.2, -0.15) is 0 Å². The number of carbonyl (C=O) groups excluding carboxylic acids is 2. The molecule has 1 N–H and O–H groups in total. The molecule has 0 spiro atoms. The van der Waals surface area contributed by atoms with Crippen LogP contribution in [0.25, 0.3) is 11.3 Å². The number of hydrogen-bond acceptors (Lipinski definition) is 6. The molecule has 0 aliphatic carbocycles. The van der Waals surface area contributed by atoms with Crippen LogP contribution in [0.4, 0.5) is 5.69 Å². The van der Waals surface area contributed by atoms with Crippen LogP contribution in [0.3, 0.4) is 0 Å². The fraction of sp³-hybridized carbons (Fsp3) is 0.133. The Morgan fingerprint density at radius 3 is 2.45 bits per heavy atom. The quantitative estimate of drug-likeness (QED) is 0.416. The minimum atomic E-state index is -0.780. The Labute approximate surface area is 222 Å². The van der Waals surface area contributed by atoms with Crippen molar-refractivity contribution in [2.45, 2.75) is 19.9 Å². The second kappa shape index (κ2) is 9.39. The number of benzene rings is 3. The summed E-state index contributed by atoms with van der Waals surface area (Å²) in [6, 6.07) is 23.6. The van der Waals surface area contributed by atoms with Gasteiger partial charge in [0.25, 0.3) is 11.5 Å². The van der Waals surface area contributed by atoms with Crippen LogP contribution in [0.5, 0.6) is 0 Å². The lowest BCUT2D eigenvalue weighted by Gasteiger charge is -2.25. The van der Waals surface area contributed by atoms with Gasteiger partial charge in [-0.25, -0.2) is 9.79 Å². The number of fused-ring (bicyclic) bond motifs is 2. The number of aryl methyl sites for hydroxylation is 1. The van der Waals surface area contributed by atoms with Crippen molar-refractivity contribution in [2.75, 3.05) is 11.9 Å². The Balaban J connectivity index is 1.72. The molecule has 3 aromatic carbocycles. The molecule has 7 nitrogen and oxygen atoms in total. The van der Waals surface area contributed by atoms with Crippen LogP contribution < -0.4 is 20.2 Å². The molecule has 2 aliphatic rings. The standard InChI is InChI=1S/C30H23N3O4S/c1-3-37-29(36)23-24(18-10-6-4-7-11-18)32-30-33(25(23)19-12-8-5-9-13-19)28(35)26(38-30)22-20-16-17(2)14-15-21(20)31-27(22)34/h4-16,25H,3H2,1-2H3,(H,31,34)/b26-22-/t25-/m0/s1. The number of carbonyl (C=O) groups is 2. The van der Waals surface area contributed by atoms with Gasteiger partial charge in [-0.15, -0.1) is 0 Å². The number of ether oxygens (including phenoxy) is 1. The van der Waals surface area contributed by atoms with E-state index in [0.29, 0.717) is 27.3 Å². The van der Waals surface area contributed by atoms with Gasteiger partial charge in [-0.3, -0.25) is 14.2 Å². The highest BCUT2D eigenvalue weighted by atomic mass is 32.1. The number of hydrogen-bond donors (Lipinski definition) is 1. The summed E-state index contributed by atoms with van der Waals surface area (Å²) in [5.74, 6) is -0.874. The van der Waals surface area contributed by atoms with E-state index in [1.54, 1.807) is 6.92 Å². The van der Waals surface area contributed by atoms with Crippen molar-refractivity contribution >= 4 is 40.2 Å². The summed E-state index contributed by atoms with van der Waals surface area (Å²) in [6.07, 6.45) is 0. The van der Waals surface area contributed by atoms with Crippen molar-refractivity contribution in [3.8, 4) is 0 Å². The monoisotopic (exact) mass is 521 g/mol. The molecule has 0 unspecified atom stereocenters. The number of amides is 1. The average molecular weight is 522 g/mol. The maximum Gasteiger partial charge on any atom is 0.338 e. The number of thiazole rings is 1. The Morgan fingerprint density at radius 2 is 1.74 bits per heavy atom. The normalized spacial score (nSPS) is 17.4. The van der Waals surface area contributed by atoms with E-state index in [1.165, 1.54) is 4.57 Å². The summed E-state index contributed by atoms with van der Waals surface area (Å²) >= 11 is 1.16. The predicted molar refractivity (Wildman–Crippen MR) is 146 cm³/mol. The molecule has 1 atom stereocenters. The van der Waals surface area contributed by atoms with Crippen molar-refractivity contribution < 1.29 is 14.3 Å². The molecule has 8 heteroatoms. The zero-order valence-corrected chi connectivity index (χ0v) is 21.5. The zero-order valence-electron chi connectivity index (χ0n) is 20.7. The first-order chi connectivity index (χ1) is 18.5. The molecule has 0 radical (unpaired) electrons. The van der Waals surface area contributed by atoms with Gasteiger partial charge in [0.2, 0.25) is 0 Å². The molecule has 38 heavy (non-hydrogen) atoms. The summed E-state index contributed by atoms with van der Waals surface area (Å²) in [5, 5.41) is 2.87. The maximum atomic E-state index is 14.1. The van der Waals surface area contributed by atoms with E-state index in [0.717, 1.165) is 28.0 Å². The first kappa shape index (κ1) is 23.8. The van der Waals surface area contributed by atoms with Gasteiger partial charge in [0, 0.05) is 16.8 Å². The Bertz CT molecular complexity index is 1820. The van der Waals surface area contributed by atoms with E-state index in [2.05, 4.69) is 5.32 Å². The third-order valence-corrected chi connectivity index (χ3v) is 7.66. The third kappa shape index (κ3) is 3.81. The Hall–Kier alpha value is -4.56. The second-order valence-electron chi connectivity index (χ2n) is 9.04. The van der Waals surface area contributed by atoms with Gasteiger partial charge >= 0.3 is 5.97 Å². The van der Waals surface area contributed by atoms with E-state index in [4.69, 9.17) is 9.73 Å². The summed E-state index contributed by atoms with van der Waals surface area (Å²) < 4.78 is 7.28. The summed E-state index contributed by atoms with van der Waals surface area (Å²) in [5.41, 5.74) is 4.47. The lowest BCUT2D eigenvalue weighted by molar-refractivity contribution is -0.138. The number of esters is 1. The van der Waals surface area contributed by atoms with Gasteiger partial charge in [0.05, 0.1) is 29.5 Å². The van der Waals surface area contributed by atoms with Gasteiger partial charge in [0.1, 0.15) is 4.53 Å². The molecule has 0 saturated carbocycles. The van der Waals surface area contributed by atoms with Crippen LogP contribution in [-0.4, -0.2) is 23.1 Å². The topological polar surface area (TPSA) is 89.8 Å². The highest BCUT2D eigenvalue weighted by molar-refractivity contribution is 7.07. The predicted octanol–water partition coefficient (Wildman–Crippen LogP) is 3.57. The van der Waals surface area contributed by atoms with Crippen molar-refractivity contribution in [2.24, 2.45) is 4.99 Å². The van der Waals surface area contributed by atoms with E-state index < -0.39 is 12.0 Å². The van der Waals surface area contributed by atoms with Crippen molar-refractivity contribution in [1.82, 2.24) is 4.57 Å². The second-order valence-corrected chi connectivity index (χ2v) is 10.0. The molecule has 3 heterocycles. The van der Waals surface area contributed by atoms with Gasteiger partial charge in [-0.1, -0.05) is 83.6 Å². The van der Waals surface area contributed by atoms with Crippen LogP contribution >= 0.6 is 11.3 Å². The molecule has 2 aliphatic heterocycles. The van der Waals surface area contributed by atoms with Crippen molar-refractivity contribution in [3.05, 3.63) is 126 Å². The number of anilines is 1. The molecule has 0 bridgehead atoms. The minimum Gasteiger partial charge on any atom is -0.463 e. The van der Waals surface area contributed by atoms with Crippen LogP contribution in [0.1, 0.15) is 35.2 Å². The lowest BCUT2D eigenvalue weighted by Crippen LogP contribution is -2.40. The lowest BCUT2D eigenvalue weighted by atomic mass is 9.93. The van der Waals surface area contributed by atoms with E-state index in [-0.39, 0.29) is 28.2 Å². The van der Waals surface area contributed by atoms with Crippen molar-refractivity contribution in [3.63, 3.8) is 0 Å². The summed E-state index contributed by atoms with van der Waals surface area (Å²) in [7, 11) is 0. The molecule has 188 valence electrons. The molecular formula is C30H23N3O4S. The number of aromatic nitrogens is 1. The molecule has 1 aromatic heterocycles. The number of nitrogens with zero attached hydrogens (tertiary/aromatic N) is 2. The first-order valence-corrected chi connectivity index (χ1v) is 13.1. The Kier molecular flexibility index (Phi) is 5.88. The van der Waals surface area contributed by atoms with E-state index >= 15 is 0 Å². The average Bonchev–Trinajstić information content (AvgIpc) is 3.43. The van der Waals surface area contributed by atoms with Crippen LogP contribution in [0.15, 0.2) is 94.2 Å². The minimum absolute atomic E-state index is 0.177. The largest absolute Gasteiger partial charge is 0.463 e. The maximum absolute atomic E-state index is 14.1. The molecular weight excluding hydrogens is 498 g/mol. The zero-order chi connectivity index (χ0) is 26.4. The van der Waals surface area contributed by atoms with Gasteiger partial charge in [0.15, 0.2) is 4.80 Å². The molecule has 0 fully saturated rings. The van der Waals surface area contributed by atoms with Crippen LogP contribution in [-0.2, 0) is 14.3 Å². The van der Waals surface area contributed by atoms with Gasteiger partial charge in [-0.05, 0) is 31.5 Å². The number of rotatable bonds is 4. The highest BCUT2D eigenvalue weighted by Gasteiger charge is 2.36. The van der Waals surface area contributed by atoms with Gasteiger partial charge < -0.3 is 10.1 Å². The van der Waals surface area contributed by atoms with Crippen molar-refractivity contribution in [1.29, 1.82) is 0 Å². The molecule has 6 rings (SSSR count). The first-order valence-electron chi connectivity index (χ1n) is 12.3. The number of nitrogens with one attached hydrogen (secondary N) is 1. The highest BCUT2D eigenvalue weighted by Crippen LogP contribution is 2.35. The molecule has 4 aromatic rings. The van der Waals surface area contributed by atoms with Crippen LogP contribution in [0.2, 0.25) is 0 Å². The third-order valence-electron chi connectivity index (χ3n) is 6.61. The smallest absolute Gasteiger partial charge is 0.338 e. The van der Waals surface area contributed by atoms with E-state index in [9.17, 15) is 14.4 Å². The molecule has 1 amide bonds. The fourth-order valence-electron chi connectivity index (χ4n) is 4.95. The summed E-state index contributed by atoms with van der Waals surface area (Å²) in [6.45, 7) is 3.86. The summed E-state index contributed by atoms with van der Waals surface area (Å²) in [4.78, 5) is 46.0. The molecule has 0 saturated heterocycles.